The van der Waals surface area contributed by atoms with Crippen molar-refractivity contribution in [2.24, 2.45) is 0 Å². The summed E-state index contributed by atoms with van der Waals surface area (Å²) < 4.78 is 33.8. The zero-order valence-electron chi connectivity index (χ0n) is 16.5. The lowest BCUT2D eigenvalue weighted by Gasteiger charge is -2.28. The zero-order valence-corrected chi connectivity index (χ0v) is 20.5. The highest BCUT2D eigenvalue weighted by Crippen LogP contribution is 2.29. The van der Waals surface area contributed by atoms with E-state index in [4.69, 9.17) is 5.11 Å². The smallest absolute Gasteiger partial charge is 0.316 e. The Morgan fingerprint density at radius 3 is 2.36 bits per heavy atom. The third-order valence-electron chi connectivity index (χ3n) is 3.22. The molecule has 0 amide bonds. The van der Waals surface area contributed by atoms with Crippen LogP contribution in [0.4, 0.5) is 4.39 Å². The van der Waals surface area contributed by atoms with E-state index < -0.39 is 33.9 Å². The number of alkyl halides is 1. The second kappa shape index (κ2) is 12.8. The minimum Gasteiger partial charge on any atom is -0.598 e. The molecule has 0 saturated carbocycles. The fourth-order valence-electron chi connectivity index (χ4n) is 1.90. The molecule has 2 atom stereocenters. The van der Waals surface area contributed by atoms with Crippen LogP contribution in [0.15, 0.2) is 16.6 Å². The van der Waals surface area contributed by atoms with Crippen molar-refractivity contribution in [3.8, 4) is 0 Å². The Kier molecular flexibility index (Phi) is 12.5. The van der Waals surface area contributed by atoms with Gasteiger partial charge < -0.3 is 14.4 Å². The van der Waals surface area contributed by atoms with E-state index in [0.29, 0.717) is 22.0 Å². The topological polar surface area (TPSA) is 98.7 Å². The summed E-state index contributed by atoms with van der Waals surface area (Å²) in [5.74, 6) is -1.78. The van der Waals surface area contributed by atoms with E-state index in [1.807, 2.05) is 0 Å². The van der Waals surface area contributed by atoms with Gasteiger partial charge in [0, 0.05) is 21.4 Å². The Bertz CT molecular complexity index is 670. The van der Waals surface area contributed by atoms with Crippen LogP contribution in [0.3, 0.4) is 0 Å². The number of carboxylic acid groups (broad SMARTS) is 1. The SMILES string of the molecule is CCOC(=O)CBr.Cc1cc(Br)cc(C(CC(=O)O)N[S@@+]([O-])C(C)(C)C)c1F. The summed E-state index contributed by atoms with van der Waals surface area (Å²) in [5.41, 5.74) is 0.597. The Labute approximate surface area is 185 Å². The van der Waals surface area contributed by atoms with Crippen LogP contribution in [0.1, 0.15) is 51.3 Å². The number of hydrogen-bond donors (Lipinski definition) is 2. The molecule has 0 radical (unpaired) electrons. The summed E-state index contributed by atoms with van der Waals surface area (Å²) in [7, 11) is 0. The minimum absolute atomic E-state index is 0.196. The van der Waals surface area contributed by atoms with Crippen molar-refractivity contribution in [3.63, 3.8) is 0 Å². The van der Waals surface area contributed by atoms with Crippen LogP contribution in [-0.2, 0) is 25.7 Å². The van der Waals surface area contributed by atoms with E-state index in [-0.39, 0.29) is 18.0 Å². The van der Waals surface area contributed by atoms with Crippen molar-refractivity contribution in [3.05, 3.63) is 33.5 Å². The fourth-order valence-corrected chi connectivity index (χ4v) is 3.47. The molecule has 0 aliphatic heterocycles. The minimum atomic E-state index is -1.50. The van der Waals surface area contributed by atoms with Crippen molar-refractivity contribution in [1.82, 2.24) is 4.72 Å². The van der Waals surface area contributed by atoms with Gasteiger partial charge in [-0.3, -0.25) is 9.59 Å². The summed E-state index contributed by atoms with van der Waals surface area (Å²) in [4.78, 5) is 21.2. The second-order valence-corrected chi connectivity index (χ2v) is 10.2. The first-order chi connectivity index (χ1) is 12.8. The van der Waals surface area contributed by atoms with Crippen LogP contribution in [-0.4, -0.2) is 38.3 Å². The van der Waals surface area contributed by atoms with Gasteiger partial charge in [0.1, 0.15) is 15.9 Å². The molecule has 0 saturated heterocycles. The van der Waals surface area contributed by atoms with E-state index in [1.54, 1.807) is 40.7 Å². The molecule has 10 heteroatoms. The average Bonchev–Trinajstić information content (AvgIpc) is 2.57. The molecule has 0 fully saturated rings. The number of aliphatic carboxylic acids is 1. The first-order valence-electron chi connectivity index (χ1n) is 8.40. The predicted octanol–water partition coefficient (Wildman–Crippen LogP) is 4.41. The molecule has 1 rings (SSSR count). The molecule has 0 aliphatic carbocycles. The number of carbonyl (C=O) groups is 2. The molecule has 1 unspecified atom stereocenters. The molecule has 0 spiro atoms. The van der Waals surface area contributed by atoms with Crippen molar-refractivity contribution in [2.45, 2.75) is 51.8 Å². The largest absolute Gasteiger partial charge is 0.598 e. The van der Waals surface area contributed by atoms with Gasteiger partial charge in [-0.1, -0.05) is 31.9 Å². The average molecular weight is 547 g/mol. The van der Waals surface area contributed by atoms with Gasteiger partial charge >= 0.3 is 11.9 Å². The molecule has 6 nitrogen and oxygen atoms in total. The Hall–Kier alpha value is -0.680. The van der Waals surface area contributed by atoms with Crippen molar-refractivity contribution in [2.75, 3.05) is 11.9 Å². The number of carboxylic acids is 1. The van der Waals surface area contributed by atoms with Gasteiger partial charge in [0.2, 0.25) is 0 Å². The van der Waals surface area contributed by atoms with Crippen LogP contribution >= 0.6 is 31.9 Å². The standard InChI is InChI=1S/C14H19BrFNO3S.C4H7BrO2/c1-8-5-9(15)6-10(13(8)16)11(7-12(18)19)17-21(20)14(2,3)4;1-2-7-4(6)3-5/h5-6,11,17H,7H2,1-4H3,(H,18,19);2-3H2,1H3/t11?,21-;/m0./s1. The van der Waals surface area contributed by atoms with Crippen molar-refractivity contribution in [1.29, 1.82) is 0 Å². The molecule has 28 heavy (non-hydrogen) atoms. The van der Waals surface area contributed by atoms with Gasteiger partial charge in [-0.05, 0) is 52.3 Å². The molecule has 0 aromatic heterocycles. The molecule has 0 heterocycles. The normalized spacial score (nSPS) is 13.2. The van der Waals surface area contributed by atoms with Gasteiger partial charge in [-0.15, -0.1) is 4.72 Å². The zero-order chi connectivity index (χ0) is 22.1. The van der Waals surface area contributed by atoms with Crippen molar-refractivity contribution >= 4 is 55.2 Å². The van der Waals surface area contributed by atoms with Crippen molar-refractivity contribution < 1.29 is 28.4 Å². The molecule has 160 valence electrons. The Balaban J connectivity index is 0.000000887. The summed E-state index contributed by atoms with van der Waals surface area (Å²) in [5, 5.41) is 9.31. The first kappa shape index (κ1) is 27.3. The molecule has 1 aromatic carbocycles. The molecule has 0 bridgehead atoms. The number of rotatable bonds is 7. The summed E-state index contributed by atoms with van der Waals surface area (Å²) in [6, 6.07) is 2.26. The number of hydrogen-bond acceptors (Lipinski definition) is 5. The lowest BCUT2D eigenvalue weighted by molar-refractivity contribution is -0.140. The number of aryl methyl sites for hydroxylation is 1. The monoisotopic (exact) mass is 545 g/mol. The molecule has 0 aliphatic rings. The van der Waals surface area contributed by atoms with Crippen LogP contribution in [0.2, 0.25) is 0 Å². The Morgan fingerprint density at radius 1 is 1.39 bits per heavy atom. The van der Waals surface area contributed by atoms with E-state index in [9.17, 15) is 18.5 Å². The van der Waals surface area contributed by atoms with Gasteiger partial charge in [-0.25, -0.2) is 4.39 Å². The van der Waals surface area contributed by atoms with Crippen LogP contribution in [0, 0.1) is 12.7 Å². The van der Waals surface area contributed by atoms with Gasteiger partial charge in [0.05, 0.1) is 19.1 Å². The number of esters is 1. The third kappa shape index (κ3) is 10.2. The Morgan fingerprint density at radius 2 is 1.96 bits per heavy atom. The van der Waals surface area contributed by atoms with Crippen LogP contribution < -0.4 is 4.72 Å². The maximum Gasteiger partial charge on any atom is 0.316 e. The highest BCUT2D eigenvalue weighted by molar-refractivity contribution is 9.10. The maximum absolute atomic E-state index is 14.3. The second-order valence-electron chi connectivity index (χ2n) is 6.71. The number of ether oxygens (including phenoxy) is 1. The molecule has 2 N–H and O–H groups in total. The lowest BCUT2D eigenvalue weighted by atomic mass is 10.0. The van der Waals surface area contributed by atoms with Gasteiger partial charge in [-0.2, -0.15) is 0 Å². The highest BCUT2D eigenvalue weighted by atomic mass is 79.9. The fraction of sp³-hybridized carbons (Fsp3) is 0.556. The molecular formula is C18H26Br2FNO5S. The highest BCUT2D eigenvalue weighted by Gasteiger charge is 2.32. The molecular weight excluding hydrogens is 521 g/mol. The summed E-state index contributed by atoms with van der Waals surface area (Å²) in [6.07, 6.45) is -0.353. The predicted molar refractivity (Wildman–Crippen MR) is 115 cm³/mol. The van der Waals surface area contributed by atoms with E-state index >= 15 is 0 Å². The summed E-state index contributed by atoms with van der Waals surface area (Å²) in [6.45, 7) is 9.12. The maximum atomic E-state index is 14.3. The number of carbonyl (C=O) groups excluding carboxylic acids is 1. The van der Waals surface area contributed by atoms with E-state index in [1.165, 1.54) is 6.07 Å². The van der Waals surface area contributed by atoms with Gasteiger partial charge in [0.15, 0.2) is 0 Å². The van der Waals surface area contributed by atoms with Gasteiger partial charge in [0.25, 0.3) is 0 Å². The molecule has 1 aromatic rings. The third-order valence-corrected chi connectivity index (χ3v) is 5.75. The number of nitrogens with one attached hydrogen (secondary N) is 1. The number of benzene rings is 1. The summed E-state index contributed by atoms with van der Waals surface area (Å²) >= 11 is 4.71. The van der Waals surface area contributed by atoms with E-state index in [2.05, 4.69) is 41.3 Å². The van der Waals surface area contributed by atoms with Crippen LogP contribution in [0.5, 0.6) is 0 Å². The first-order valence-corrected chi connectivity index (χ1v) is 11.5. The number of halogens is 3. The van der Waals surface area contributed by atoms with E-state index in [0.717, 1.165) is 0 Å². The van der Waals surface area contributed by atoms with Crippen LogP contribution in [0.25, 0.3) is 0 Å². The quantitative estimate of drug-likeness (QED) is 0.298. The lowest BCUT2D eigenvalue weighted by Crippen LogP contribution is -2.42.